The summed E-state index contributed by atoms with van der Waals surface area (Å²) >= 11 is 0. The maximum atomic E-state index is 12.7. The van der Waals surface area contributed by atoms with Gasteiger partial charge in [0.05, 0.1) is 27.7 Å². The van der Waals surface area contributed by atoms with Gasteiger partial charge in [-0.05, 0) is 38.5 Å². The lowest BCUT2D eigenvalue weighted by atomic mass is 10.0. The van der Waals surface area contributed by atoms with Crippen LogP contribution in [-0.2, 0) is 32.7 Å². The standard InChI is InChI=1S/C48H92NO8P/c1-6-8-10-12-14-16-18-20-22-23-24-25-27-29-31-33-35-37-39-41-48(51)57-46(45-56-58(52,53)55-43-42-49(3,4)5)44-54-47(50)40-38-36-34-32-30-28-26-21-19-17-15-13-11-9-7-2/h17,19,21,26,46H,6-16,18,20,22-25,27-45H2,1-5H3/b19-17+,26-21+/t46-/m1/s1. The van der Waals surface area contributed by atoms with Crippen LogP contribution < -0.4 is 4.89 Å². The van der Waals surface area contributed by atoms with Crippen molar-refractivity contribution in [2.24, 2.45) is 0 Å². The second kappa shape index (κ2) is 40.9. The Labute approximate surface area is 358 Å². The average molecular weight is 842 g/mol. The number of carbonyl (C=O) groups excluding carboxylic acids is 2. The van der Waals surface area contributed by atoms with E-state index in [1.54, 1.807) is 0 Å². The molecule has 0 spiro atoms. The number of quaternary nitrogens is 1. The summed E-state index contributed by atoms with van der Waals surface area (Å²) in [6, 6.07) is 0. The molecule has 2 atom stereocenters. The molecule has 0 N–H and O–H groups in total. The van der Waals surface area contributed by atoms with Crippen LogP contribution in [-0.4, -0.2) is 70.0 Å². The number of nitrogens with zero attached hydrogens (tertiary/aromatic N) is 1. The molecule has 0 heterocycles. The van der Waals surface area contributed by atoms with Crippen molar-refractivity contribution in [1.29, 1.82) is 0 Å². The number of allylic oxidation sites excluding steroid dienone is 4. The van der Waals surface area contributed by atoms with Crippen molar-refractivity contribution in [1.82, 2.24) is 0 Å². The Balaban J connectivity index is 4.29. The average Bonchev–Trinajstić information content (AvgIpc) is 3.17. The van der Waals surface area contributed by atoms with E-state index in [1.807, 2.05) is 21.1 Å². The van der Waals surface area contributed by atoms with Crippen molar-refractivity contribution >= 4 is 19.8 Å². The largest absolute Gasteiger partial charge is 0.756 e. The van der Waals surface area contributed by atoms with E-state index in [2.05, 4.69) is 38.2 Å². The minimum Gasteiger partial charge on any atom is -0.756 e. The molecular formula is C48H92NO8P. The molecule has 0 amide bonds. The van der Waals surface area contributed by atoms with Gasteiger partial charge in [-0.3, -0.25) is 14.2 Å². The zero-order valence-corrected chi connectivity index (χ0v) is 39.4. The van der Waals surface area contributed by atoms with Crippen molar-refractivity contribution in [2.45, 2.75) is 225 Å². The number of ether oxygens (including phenoxy) is 2. The Bertz CT molecular complexity index is 1040. The van der Waals surface area contributed by atoms with Crippen LogP contribution in [0.4, 0.5) is 0 Å². The molecule has 58 heavy (non-hydrogen) atoms. The molecule has 0 saturated heterocycles. The van der Waals surface area contributed by atoms with Gasteiger partial charge in [-0.25, -0.2) is 0 Å². The first-order valence-corrected chi connectivity index (χ1v) is 25.5. The van der Waals surface area contributed by atoms with Gasteiger partial charge in [0.25, 0.3) is 7.82 Å². The molecule has 10 heteroatoms. The molecule has 342 valence electrons. The van der Waals surface area contributed by atoms with Crippen LogP contribution in [0.15, 0.2) is 24.3 Å². The Morgan fingerprint density at radius 1 is 0.534 bits per heavy atom. The summed E-state index contributed by atoms with van der Waals surface area (Å²) in [5.74, 6) is -0.842. The zero-order valence-electron chi connectivity index (χ0n) is 38.5. The fourth-order valence-electron chi connectivity index (χ4n) is 6.71. The van der Waals surface area contributed by atoms with Crippen LogP contribution in [0, 0.1) is 0 Å². The van der Waals surface area contributed by atoms with Crippen LogP contribution in [0.2, 0.25) is 0 Å². The Morgan fingerprint density at radius 3 is 1.34 bits per heavy atom. The van der Waals surface area contributed by atoms with Gasteiger partial charge in [0, 0.05) is 12.8 Å². The third kappa shape index (κ3) is 44.1. The lowest BCUT2D eigenvalue weighted by Gasteiger charge is -2.28. The Morgan fingerprint density at radius 2 is 0.914 bits per heavy atom. The first-order chi connectivity index (χ1) is 28.0. The number of phosphoric acid groups is 1. The Hall–Kier alpha value is -1.51. The van der Waals surface area contributed by atoms with Crippen LogP contribution in [0.3, 0.4) is 0 Å². The highest BCUT2D eigenvalue weighted by Gasteiger charge is 2.21. The summed E-state index contributed by atoms with van der Waals surface area (Å²) in [6.07, 6.45) is 44.9. The van der Waals surface area contributed by atoms with E-state index in [1.165, 1.54) is 128 Å². The fourth-order valence-corrected chi connectivity index (χ4v) is 7.43. The number of hydrogen-bond donors (Lipinski definition) is 0. The number of esters is 2. The Kier molecular flexibility index (Phi) is 39.8. The number of phosphoric ester groups is 1. The van der Waals surface area contributed by atoms with E-state index in [9.17, 15) is 19.0 Å². The van der Waals surface area contributed by atoms with Crippen molar-refractivity contribution in [3.05, 3.63) is 24.3 Å². The van der Waals surface area contributed by atoms with E-state index in [-0.39, 0.29) is 26.1 Å². The predicted molar refractivity (Wildman–Crippen MR) is 241 cm³/mol. The van der Waals surface area contributed by atoms with Crippen molar-refractivity contribution < 1.29 is 42.1 Å². The molecule has 0 bridgehead atoms. The summed E-state index contributed by atoms with van der Waals surface area (Å²) in [7, 11) is 1.16. The van der Waals surface area contributed by atoms with Gasteiger partial charge in [0.15, 0.2) is 6.10 Å². The smallest absolute Gasteiger partial charge is 0.306 e. The first-order valence-electron chi connectivity index (χ1n) is 24.1. The molecule has 9 nitrogen and oxygen atoms in total. The number of rotatable bonds is 44. The van der Waals surface area contributed by atoms with Gasteiger partial charge in [0.2, 0.25) is 0 Å². The van der Waals surface area contributed by atoms with Crippen LogP contribution in [0.25, 0.3) is 0 Å². The number of likely N-dealkylation sites (N-methyl/N-ethyl adjacent to an activating group) is 1. The van der Waals surface area contributed by atoms with Crippen molar-refractivity contribution in [3.8, 4) is 0 Å². The molecule has 0 saturated carbocycles. The third-order valence-electron chi connectivity index (χ3n) is 10.5. The van der Waals surface area contributed by atoms with Crippen molar-refractivity contribution in [3.63, 3.8) is 0 Å². The lowest BCUT2D eigenvalue weighted by molar-refractivity contribution is -0.870. The monoisotopic (exact) mass is 842 g/mol. The molecule has 0 aliphatic heterocycles. The van der Waals surface area contributed by atoms with Crippen LogP contribution >= 0.6 is 7.82 Å². The molecule has 0 radical (unpaired) electrons. The van der Waals surface area contributed by atoms with Gasteiger partial charge >= 0.3 is 11.9 Å². The number of carbonyl (C=O) groups is 2. The van der Waals surface area contributed by atoms with Gasteiger partial charge in [-0.2, -0.15) is 0 Å². The molecular weight excluding hydrogens is 750 g/mol. The molecule has 0 rings (SSSR count). The van der Waals surface area contributed by atoms with Gasteiger partial charge in [-0.1, -0.05) is 192 Å². The maximum absolute atomic E-state index is 12.7. The molecule has 0 aromatic heterocycles. The summed E-state index contributed by atoms with van der Waals surface area (Å²) < 4.78 is 34.0. The fraction of sp³-hybridized carbons (Fsp3) is 0.875. The third-order valence-corrected chi connectivity index (χ3v) is 11.5. The summed E-state index contributed by atoms with van der Waals surface area (Å²) in [5, 5.41) is 0. The molecule has 0 aliphatic rings. The number of hydrogen-bond acceptors (Lipinski definition) is 8. The summed E-state index contributed by atoms with van der Waals surface area (Å²) in [6.45, 7) is 4.22. The minimum absolute atomic E-state index is 0.0313. The van der Waals surface area contributed by atoms with E-state index < -0.39 is 32.5 Å². The van der Waals surface area contributed by atoms with Gasteiger partial charge < -0.3 is 27.9 Å². The topological polar surface area (TPSA) is 111 Å². The van der Waals surface area contributed by atoms with Gasteiger partial charge in [-0.15, -0.1) is 0 Å². The molecule has 0 fully saturated rings. The molecule has 0 aromatic rings. The quantitative estimate of drug-likeness (QED) is 0.0196. The van der Waals surface area contributed by atoms with E-state index in [4.69, 9.17) is 18.5 Å². The highest BCUT2D eigenvalue weighted by atomic mass is 31.2. The number of unbranched alkanes of at least 4 members (excludes halogenated alkanes) is 27. The molecule has 1 unspecified atom stereocenters. The first kappa shape index (κ1) is 56.5. The minimum atomic E-state index is -4.63. The van der Waals surface area contributed by atoms with Crippen LogP contribution in [0.1, 0.15) is 219 Å². The second-order valence-corrected chi connectivity index (χ2v) is 18.9. The SMILES string of the molecule is CCCCCC/C=C/C=C/CCCCCCCC(=O)OC[C@H](COP(=O)([O-])OCC[N+](C)(C)C)OC(=O)CCCCCCCCCCCCCCCCCCCCC. The zero-order chi connectivity index (χ0) is 42.8. The highest BCUT2D eigenvalue weighted by Crippen LogP contribution is 2.38. The lowest BCUT2D eigenvalue weighted by Crippen LogP contribution is -2.37. The van der Waals surface area contributed by atoms with Crippen LogP contribution in [0.5, 0.6) is 0 Å². The summed E-state index contributed by atoms with van der Waals surface area (Å²) in [4.78, 5) is 37.6. The normalized spacial score (nSPS) is 13.7. The van der Waals surface area contributed by atoms with Gasteiger partial charge in [0.1, 0.15) is 19.8 Å². The van der Waals surface area contributed by atoms with E-state index in [0.29, 0.717) is 23.9 Å². The van der Waals surface area contributed by atoms with Crippen molar-refractivity contribution in [2.75, 3.05) is 47.5 Å². The maximum Gasteiger partial charge on any atom is 0.306 e. The molecule has 0 aromatic carbocycles. The predicted octanol–water partition coefficient (Wildman–Crippen LogP) is 13.3. The molecule has 0 aliphatic carbocycles. The van der Waals surface area contributed by atoms with E-state index in [0.717, 1.165) is 51.4 Å². The second-order valence-electron chi connectivity index (χ2n) is 17.5. The summed E-state index contributed by atoms with van der Waals surface area (Å²) in [5.41, 5.74) is 0. The highest BCUT2D eigenvalue weighted by molar-refractivity contribution is 7.45. The van der Waals surface area contributed by atoms with E-state index >= 15 is 0 Å².